The highest BCUT2D eigenvalue weighted by atomic mass is 16.5. The summed E-state index contributed by atoms with van der Waals surface area (Å²) in [6.45, 7) is 8.04. The largest absolute Gasteiger partial charge is 0.379 e. The van der Waals surface area contributed by atoms with Crippen molar-refractivity contribution in [2.24, 2.45) is 5.92 Å². The van der Waals surface area contributed by atoms with Gasteiger partial charge in [-0.3, -0.25) is 19.7 Å². The highest BCUT2D eigenvalue weighted by Gasteiger charge is 2.24. The summed E-state index contributed by atoms with van der Waals surface area (Å²) in [4.78, 5) is 26.5. The van der Waals surface area contributed by atoms with Crippen molar-refractivity contribution >= 4 is 17.9 Å². The van der Waals surface area contributed by atoms with E-state index in [4.69, 9.17) is 9.94 Å². The van der Waals surface area contributed by atoms with E-state index in [9.17, 15) is 9.59 Å². The lowest BCUT2D eigenvalue weighted by atomic mass is 10.0. The maximum atomic E-state index is 12.4. The summed E-state index contributed by atoms with van der Waals surface area (Å²) in [5, 5.41) is 11.5. The highest BCUT2D eigenvalue weighted by molar-refractivity contribution is 5.97. The maximum absolute atomic E-state index is 12.4. The molecule has 0 radical (unpaired) electrons. The highest BCUT2D eigenvalue weighted by Crippen LogP contribution is 2.10. The minimum Gasteiger partial charge on any atom is -0.379 e. The van der Waals surface area contributed by atoms with E-state index < -0.39 is 11.9 Å². The lowest BCUT2D eigenvalue weighted by molar-refractivity contribution is -0.132. The SMILES string of the molecule is CC(C)C(NC(=O)c1ccc(/C=C/C#Cc2ccc(CN3CCOCC3)cc2)cc1)C(=O)NO. The number of nitrogens with zero attached hydrogens (tertiary/aromatic N) is 1. The number of morpholine rings is 1. The van der Waals surface area contributed by atoms with Crippen LogP contribution in [0.5, 0.6) is 0 Å². The van der Waals surface area contributed by atoms with Gasteiger partial charge < -0.3 is 10.1 Å². The summed E-state index contributed by atoms with van der Waals surface area (Å²) in [7, 11) is 0. The van der Waals surface area contributed by atoms with Gasteiger partial charge in [0, 0.05) is 30.8 Å². The van der Waals surface area contributed by atoms with Crippen molar-refractivity contribution in [2.45, 2.75) is 26.4 Å². The Morgan fingerprint density at radius 1 is 1.09 bits per heavy atom. The third-order valence-corrected chi connectivity index (χ3v) is 5.56. The molecule has 7 heteroatoms. The Morgan fingerprint density at radius 3 is 2.38 bits per heavy atom. The normalized spacial score (nSPS) is 14.9. The molecule has 1 atom stereocenters. The van der Waals surface area contributed by atoms with Crippen LogP contribution in [0, 0.1) is 17.8 Å². The zero-order valence-electron chi connectivity index (χ0n) is 19.6. The van der Waals surface area contributed by atoms with Crippen LogP contribution in [0.2, 0.25) is 0 Å². The molecule has 7 nitrogen and oxygen atoms in total. The molecule has 1 unspecified atom stereocenters. The molecule has 2 aromatic rings. The van der Waals surface area contributed by atoms with Crippen LogP contribution in [-0.4, -0.2) is 54.3 Å². The topological polar surface area (TPSA) is 90.9 Å². The van der Waals surface area contributed by atoms with E-state index in [-0.39, 0.29) is 11.8 Å². The van der Waals surface area contributed by atoms with Crippen LogP contribution in [0.4, 0.5) is 0 Å². The Bertz CT molecular complexity index is 1040. The molecule has 0 spiro atoms. The number of allylic oxidation sites excluding steroid dienone is 1. The fraction of sp³-hybridized carbons (Fsp3) is 0.333. The van der Waals surface area contributed by atoms with Crippen molar-refractivity contribution in [1.82, 2.24) is 15.7 Å². The van der Waals surface area contributed by atoms with Crippen LogP contribution in [0.1, 0.15) is 40.9 Å². The molecule has 0 bridgehead atoms. The van der Waals surface area contributed by atoms with E-state index >= 15 is 0 Å². The number of ether oxygens (including phenoxy) is 1. The molecule has 178 valence electrons. The number of carbonyl (C=O) groups excluding carboxylic acids is 2. The van der Waals surface area contributed by atoms with Gasteiger partial charge in [-0.25, -0.2) is 5.48 Å². The molecule has 0 aromatic heterocycles. The smallest absolute Gasteiger partial charge is 0.266 e. The van der Waals surface area contributed by atoms with Gasteiger partial charge >= 0.3 is 0 Å². The summed E-state index contributed by atoms with van der Waals surface area (Å²) in [5.74, 6) is 4.98. The fourth-order valence-corrected chi connectivity index (χ4v) is 3.55. The molecule has 0 aliphatic carbocycles. The molecule has 1 heterocycles. The number of hydroxylamine groups is 1. The first-order valence-corrected chi connectivity index (χ1v) is 11.4. The second kappa shape index (κ2) is 12.7. The molecule has 1 aliphatic heterocycles. The monoisotopic (exact) mass is 461 g/mol. The van der Waals surface area contributed by atoms with Gasteiger partial charge in [0.15, 0.2) is 0 Å². The van der Waals surface area contributed by atoms with Crippen LogP contribution < -0.4 is 10.8 Å². The minimum absolute atomic E-state index is 0.169. The van der Waals surface area contributed by atoms with Gasteiger partial charge in [0.25, 0.3) is 11.8 Å². The summed E-state index contributed by atoms with van der Waals surface area (Å²) in [6, 6.07) is 14.5. The first-order valence-electron chi connectivity index (χ1n) is 11.4. The molecule has 2 amide bonds. The van der Waals surface area contributed by atoms with Crippen molar-refractivity contribution in [1.29, 1.82) is 0 Å². The van der Waals surface area contributed by atoms with Crippen molar-refractivity contribution < 1.29 is 19.5 Å². The molecule has 3 N–H and O–H groups in total. The van der Waals surface area contributed by atoms with Crippen LogP contribution in [0.15, 0.2) is 54.6 Å². The van der Waals surface area contributed by atoms with E-state index in [0.29, 0.717) is 5.56 Å². The number of hydrogen-bond donors (Lipinski definition) is 3. The second-order valence-electron chi connectivity index (χ2n) is 8.48. The van der Waals surface area contributed by atoms with Gasteiger partial charge in [-0.2, -0.15) is 0 Å². The van der Waals surface area contributed by atoms with E-state index in [2.05, 4.69) is 34.2 Å². The Morgan fingerprint density at radius 2 is 1.76 bits per heavy atom. The average molecular weight is 462 g/mol. The predicted octanol–water partition coefficient (Wildman–Crippen LogP) is 2.84. The van der Waals surface area contributed by atoms with Gasteiger partial charge in [-0.15, -0.1) is 0 Å². The average Bonchev–Trinajstić information content (AvgIpc) is 2.86. The summed E-state index contributed by atoms with van der Waals surface area (Å²) in [6.07, 6.45) is 3.65. The standard InChI is InChI=1S/C27H31N3O4/c1-20(2)25(27(32)29-33)28-26(31)24-13-11-22(12-14-24)6-4-3-5-21-7-9-23(10-8-21)19-30-15-17-34-18-16-30/h4,6-14,20,25,33H,15-19H2,1-2H3,(H,28,31)(H,29,32)/b6-4+. The Balaban J connectivity index is 1.52. The summed E-state index contributed by atoms with van der Waals surface area (Å²) < 4.78 is 5.39. The zero-order valence-corrected chi connectivity index (χ0v) is 19.6. The first-order chi connectivity index (χ1) is 16.5. The zero-order chi connectivity index (χ0) is 24.3. The third kappa shape index (κ3) is 7.56. The van der Waals surface area contributed by atoms with Crippen LogP contribution >= 0.6 is 0 Å². The van der Waals surface area contributed by atoms with Crippen molar-refractivity contribution in [2.75, 3.05) is 26.3 Å². The Labute approximate surface area is 200 Å². The predicted molar refractivity (Wildman–Crippen MR) is 131 cm³/mol. The molecule has 2 aromatic carbocycles. The molecule has 1 fully saturated rings. The van der Waals surface area contributed by atoms with E-state index in [1.54, 1.807) is 37.5 Å². The van der Waals surface area contributed by atoms with Gasteiger partial charge in [0.2, 0.25) is 0 Å². The molecular weight excluding hydrogens is 430 g/mol. The molecule has 1 aliphatic rings. The minimum atomic E-state index is -0.819. The number of rotatable bonds is 7. The molecule has 0 saturated carbocycles. The number of benzene rings is 2. The van der Waals surface area contributed by atoms with Gasteiger partial charge in [-0.05, 0) is 53.5 Å². The molecule has 1 saturated heterocycles. The van der Waals surface area contributed by atoms with Crippen LogP contribution in [0.25, 0.3) is 6.08 Å². The fourth-order valence-electron chi connectivity index (χ4n) is 3.55. The second-order valence-corrected chi connectivity index (χ2v) is 8.48. The third-order valence-electron chi connectivity index (χ3n) is 5.56. The number of hydrogen-bond acceptors (Lipinski definition) is 5. The first kappa shape index (κ1) is 25.2. The maximum Gasteiger partial charge on any atom is 0.266 e. The Hall–Kier alpha value is -3.44. The van der Waals surface area contributed by atoms with E-state index in [0.717, 1.165) is 44.0 Å². The van der Waals surface area contributed by atoms with Gasteiger partial charge in [0.05, 0.1) is 13.2 Å². The van der Waals surface area contributed by atoms with Crippen molar-refractivity contribution in [3.63, 3.8) is 0 Å². The molecule has 3 rings (SSSR count). The quantitative estimate of drug-likeness (QED) is 0.335. The summed E-state index contributed by atoms with van der Waals surface area (Å²) in [5.41, 5.74) is 5.14. The molecule has 34 heavy (non-hydrogen) atoms. The van der Waals surface area contributed by atoms with Gasteiger partial charge in [-0.1, -0.05) is 50.0 Å². The van der Waals surface area contributed by atoms with Crippen LogP contribution in [0.3, 0.4) is 0 Å². The Kier molecular flexibility index (Phi) is 9.41. The van der Waals surface area contributed by atoms with Crippen LogP contribution in [-0.2, 0) is 16.1 Å². The lowest BCUT2D eigenvalue weighted by Gasteiger charge is -2.26. The van der Waals surface area contributed by atoms with Crippen molar-refractivity contribution in [3.8, 4) is 11.8 Å². The van der Waals surface area contributed by atoms with Gasteiger partial charge in [0.1, 0.15) is 6.04 Å². The van der Waals surface area contributed by atoms with E-state index in [1.807, 2.05) is 30.3 Å². The molecular formula is C27H31N3O4. The summed E-state index contributed by atoms with van der Waals surface area (Å²) >= 11 is 0. The van der Waals surface area contributed by atoms with E-state index in [1.165, 1.54) is 5.56 Å². The lowest BCUT2D eigenvalue weighted by Crippen LogP contribution is -2.48. The van der Waals surface area contributed by atoms with Crippen molar-refractivity contribution in [3.05, 3.63) is 76.9 Å². The number of amides is 2. The number of carbonyl (C=O) groups is 2. The number of nitrogens with one attached hydrogen (secondary N) is 2.